The van der Waals surface area contributed by atoms with Gasteiger partial charge in [-0.05, 0) is 94.0 Å². The van der Waals surface area contributed by atoms with Gasteiger partial charge >= 0.3 is 0 Å². The third kappa shape index (κ3) is 4.30. The van der Waals surface area contributed by atoms with Gasteiger partial charge in [0.1, 0.15) is 0 Å². The normalized spacial score (nSPS) is 12.2. The van der Waals surface area contributed by atoms with E-state index in [1.807, 2.05) is 45.3 Å². The Bertz CT molecular complexity index is 3160. The molecule has 0 nitrogen and oxygen atoms in total. The zero-order chi connectivity index (χ0) is 33.9. The fourth-order valence-electron chi connectivity index (χ4n) is 8.17. The molecule has 52 heavy (non-hydrogen) atoms. The summed E-state index contributed by atoms with van der Waals surface area (Å²) < 4.78 is 10.9. The molecule has 8 aromatic carbocycles. The molecule has 0 saturated carbocycles. The third-order valence-electron chi connectivity index (χ3n) is 10.7. The van der Waals surface area contributed by atoms with Gasteiger partial charge in [-0.1, -0.05) is 97.1 Å². The van der Waals surface area contributed by atoms with Crippen molar-refractivity contribution >= 4 is 126 Å². The molecule has 0 bridgehead atoms. The summed E-state index contributed by atoms with van der Waals surface area (Å²) in [5.74, 6) is 0. The molecule has 12 aromatic rings. The van der Waals surface area contributed by atoms with Crippen molar-refractivity contribution in [3.63, 3.8) is 0 Å². The number of hydrogen-bond acceptors (Lipinski definition) is 4. The Morgan fingerprint density at radius 1 is 0.231 bits per heavy atom. The molecule has 4 heteroatoms. The first-order chi connectivity index (χ1) is 25.7. The van der Waals surface area contributed by atoms with E-state index in [0.717, 1.165) is 0 Å². The number of fused-ring (bicyclic) bond motifs is 14. The fraction of sp³-hybridized carbons (Fsp3) is 0. The van der Waals surface area contributed by atoms with E-state index in [1.54, 1.807) is 0 Å². The molecular weight excluding hydrogens is 705 g/mol. The summed E-state index contributed by atoms with van der Waals surface area (Å²) in [5, 5.41) is 10.9. The predicted molar refractivity (Wildman–Crippen MR) is 234 cm³/mol. The average Bonchev–Trinajstić information content (AvgIpc) is 3.97. The molecule has 12 rings (SSSR count). The lowest BCUT2D eigenvalue weighted by molar-refractivity contribution is 1.66. The van der Waals surface area contributed by atoms with Gasteiger partial charge in [-0.3, -0.25) is 0 Å². The average molecular weight is 731 g/mol. The van der Waals surface area contributed by atoms with Crippen LogP contribution >= 0.6 is 45.3 Å². The Morgan fingerprint density at radius 2 is 0.577 bits per heavy atom. The topological polar surface area (TPSA) is 0 Å². The number of hydrogen-bond donors (Lipinski definition) is 0. The van der Waals surface area contributed by atoms with Crippen molar-refractivity contribution in [1.82, 2.24) is 0 Å². The third-order valence-corrected chi connectivity index (χ3v) is 15.4. The minimum Gasteiger partial charge on any atom is -0.135 e. The van der Waals surface area contributed by atoms with Gasteiger partial charge in [0.05, 0.1) is 0 Å². The molecule has 0 aliphatic heterocycles. The van der Waals surface area contributed by atoms with Crippen molar-refractivity contribution < 1.29 is 0 Å². The molecule has 0 spiro atoms. The number of benzene rings is 8. The van der Waals surface area contributed by atoms with Gasteiger partial charge in [-0.25, -0.2) is 0 Å². The number of rotatable bonds is 3. The van der Waals surface area contributed by atoms with Crippen LogP contribution < -0.4 is 0 Å². The van der Waals surface area contributed by atoms with Crippen molar-refractivity contribution in [2.45, 2.75) is 0 Å². The van der Waals surface area contributed by atoms with Crippen LogP contribution in [0.1, 0.15) is 0 Å². The highest BCUT2D eigenvalue weighted by atomic mass is 32.1. The van der Waals surface area contributed by atoms with Gasteiger partial charge in [0.2, 0.25) is 0 Å². The van der Waals surface area contributed by atoms with Gasteiger partial charge in [0.15, 0.2) is 0 Å². The van der Waals surface area contributed by atoms with Gasteiger partial charge in [0, 0.05) is 80.7 Å². The van der Waals surface area contributed by atoms with Crippen LogP contribution in [0.4, 0.5) is 0 Å². The molecule has 0 saturated heterocycles. The molecule has 0 fully saturated rings. The van der Waals surface area contributed by atoms with Gasteiger partial charge in [-0.2, -0.15) is 0 Å². The zero-order valence-corrected chi connectivity index (χ0v) is 30.9. The fourth-order valence-corrected chi connectivity index (χ4v) is 13.0. The molecule has 0 aliphatic carbocycles. The monoisotopic (exact) mass is 730 g/mol. The maximum Gasteiger partial charge on any atom is 0.0448 e. The van der Waals surface area contributed by atoms with Crippen LogP contribution in [0.15, 0.2) is 158 Å². The van der Waals surface area contributed by atoms with Crippen LogP contribution in [0, 0.1) is 0 Å². The van der Waals surface area contributed by atoms with E-state index in [1.165, 1.54) is 114 Å². The summed E-state index contributed by atoms with van der Waals surface area (Å²) >= 11 is 7.67. The molecule has 4 heterocycles. The summed E-state index contributed by atoms with van der Waals surface area (Å²) in [6.45, 7) is 0. The van der Waals surface area contributed by atoms with Crippen LogP contribution in [0.25, 0.3) is 114 Å². The summed E-state index contributed by atoms with van der Waals surface area (Å²) in [6, 6.07) is 59.0. The van der Waals surface area contributed by atoms with Gasteiger partial charge in [0.25, 0.3) is 0 Å². The highest BCUT2D eigenvalue weighted by molar-refractivity contribution is 7.30. The van der Waals surface area contributed by atoms with E-state index in [0.29, 0.717) is 0 Å². The molecule has 0 unspecified atom stereocenters. The summed E-state index contributed by atoms with van der Waals surface area (Å²) in [6.07, 6.45) is 0. The smallest absolute Gasteiger partial charge is 0.0448 e. The molecular formula is C48H26S4. The first kappa shape index (κ1) is 29.2. The van der Waals surface area contributed by atoms with Crippen molar-refractivity contribution in [3.8, 4) is 33.4 Å². The van der Waals surface area contributed by atoms with E-state index in [4.69, 9.17) is 0 Å². The Morgan fingerprint density at radius 3 is 1.00 bits per heavy atom. The van der Waals surface area contributed by atoms with E-state index in [-0.39, 0.29) is 0 Å². The van der Waals surface area contributed by atoms with Crippen molar-refractivity contribution in [3.05, 3.63) is 158 Å². The second kappa shape index (κ2) is 11.1. The zero-order valence-electron chi connectivity index (χ0n) is 27.6. The Hall–Kier alpha value is -5.36. The predicted octanol–water partition coefficient (Wildman–Crippen LogP) is 16.2. The minimum atomic E-state index is 1.26. The highest BCUT2D eigenvalue weighted by Crippen LogP contribution is 2.48. The minimum absolute atomic E-state index is 1.26. The Labute approximate surface area is 315 Å². The van der Waals surface area contributed by atoms with Crippen molar-refractivity contribution in [2.24, 2.45) is 0 Å². The largest absolute Gasteiger partial charge is 0.135 e. The molecule has 0 radical (unpaired) electrons. The van der Waals surface area contributed by atoms with Gasteiger partial charge < -0.3 is 0 Å². The van der Waals surface area contributed by atoms with Crippen LogP contribution in [-0.4, -0.2) is 0 Å². The van der Waals surface area contributed by atoms with E-state index in [9.17, 15) is 0 Å². The molecule has 242 valence electrons. The lowest BCUT2D eigenvalue weighted by atomic mass is 9.99. The standard InChI is InChI=1S/C48H26S4/c1-3-7-27(8-4-1)29-11-19-41-37(25-29)45-43(49-41)21-15-33-35-23-31(13-17-39(35)51-47(33)45)32-14-18-40-36(24-32)34-16-22-44-46(48(34)52-40)38-26-30(12-20-42(38)50-44)28-9-5-2-6-10-28/h1-26H. The van der Waals surface area contributed by atoms with Crippen LogP contribution in [0.5, 0.6) is 0 Å². The quantitative estimate of drug-likeness (QED) is 0.170. The number of thiophene rings is 4. The lowest BCUT2D eigenvalue weighted by Gasteiger charge is -2.04. The van der Waals surface area contributed by atoms with E-state index in [2.05, 4.69) is 158 Å². The first-order valence-corrected chi connectivity index (χ1v) is 20.7. The summed E-state index contributed by atoms with van der Waals surface area (Å²) in [4.78, 5) is 0. The van der Waals surface area contributed by atoms with Gasteiger partial charge in [-0.15, -0.1) is 45.3 Å². The maximum atomic E-state index is 2.43. The SMILES string of the molecule is c1ccc(-c2ccc3sc4ccc5c6cc(-c7ccc8sc9c(ccc%10sc%11ccc(-c%12ccccc%12)cc%11c%109)c8c7)ccc6sc5c4c3c2)cc1. The molecule has 0 amide bonds. The second-order valence-electron chi connectivity index (χ2n) is 13.6. The first-order valence-electron chi connectivity index (χ1n) is 17.5. The van der Waals surface area contributed by atoms with Crippen LogP contribution in [0.3, 0.4) is 0 Å². The summed E-state index contributed by atoms with van der Waals surface area (Å²) in [5.41, 5.74) is 7.60. The molecule has 0 atom stereocenters. The van der Waals surface area contributed by atoms with Crippen molar-refractivity contribution in [2.75, 3.05) is 0 Å². The van der Waals surface area contributed by atoms with E-state index >= 15 is 0 Å². The Kier molecular flexibility index (Phi) is 6.23. The van der Waals surface area contributed by atoms with Crippen LogP contribution in [0.2, 0.25) is 0 Å². The highest BCUT2D eigenvalue weighted by Gasteiger charge is 2.17. The van der Waals surface area contributed by atoms with Crippen molar-refractivity contribution in [1.29, 1.82) is 0 Å². The maximum absolute atomic E-state index is 2.43. The Balaban J connectivity index is 1.01. The second-order valence-corrected chi connectivity index (χ2v) is 17.9. The molecule has 4 aromatic heterocycles. The van der Waals surface area contributed by atoms with Crippen LogP contribution in [-0.2, 0) is 0 Å². The molecule has 0 aliphatic rings. The lowest BCUT2D eigenvalue weighted by Crippen LogP contribution is -1.78. The van der Waals surface area contributed by atoms with E-state index < -0.39 is 0 Å². The molecule has 0 N–H and O–H groups in total. The summed E-state index contributed by atoms with van der Waals surface area (Å²) in [7, 11) is 0.